The van der Waals surface area contributed by atoms with E-state index < -0.39 is 11.9 Å². The highest BCUT2D eigenvalue weighted by Crippen LogP contribution is 2.21. The highest BCUT2D eigenvalue weighted by atomic mass is 35.5. The van der Waals surface area contributed by atoms with Gasteiger partial charge >= 0.3 is 0 Å². The molecule has 0 saturated heterocycles. The summed E-state index contributed by atoms with van der Waals surface area (Å²) in [6, 6.07) is 5.63. The number of rotatable bonds is 6. The number of hydrogen-bond acceptors (Lipinski definition) is 3. The van der Waals surface area contributed by atoms with Gasteiger partial charge in [0.05, 0.1) is 17.8 Å². The molecule has 9 heteroatoms. The summed E-state index contributed by atoms with van der Waals surface area (Å²) in [4.78, 5) is 12.5. The lowest BCUT2D eigenvalue weighted by Gasteiger charge is -2.14. The fraction of sp³-hybridized carbons (Fsp3) is 0.235. The number of amides is 1. The van der Waals surface area contributed by atoms with E-state index in [9.17, 15) is 9.18 Å². The van der Waals surface area contributed by atoms with E-state index in [0.29, 0.717) is 27.8 Å². The summed E-state index contributed by atoms with van der Waals surface area (Å²) in [5.74, 6) is -0.305. The second-order valence-corrected chi connectivity index (χ2v) is 6.49. The molecule has 0 aliphatic rings. The van der Waals surface area contributed by atoms with Gasteiger partial charge in [-0.2, -0.15) is 10.2 Å². The van der Waals surface area contributed by atoms with Crippen LogP contribution in [0.1, 0.15) is 24.9 Å². The summed E-state index contributed by atoms with van der Waals surface area (Å²) in [6.45, 7) is 2.03. The summed E-state index contributed by atoms with van der Waals surface area (Å²) in [5.41, 5.74) is 0.341. The van der Waals surface area contributed by atoms with E-state index in [-0.39, 0.29) is 12.5 Å². The van der Waals surface area contributed by atoms with Crippen molar-refractivity contribution in [1.29, 1.82) is 0 Å². The number of halogens is 3. The van der Waals surface area contributed by atoms with Gasteiger partial charge in [0.2, 0.25) is 5.91 Å². The first-order valence-corrected chi connectivity index (χ1v) is 8.70. The van der Waals surface area contributed by atoms with E-state index >= 15 is 0 Å². The molecular weight excluding hydrogens is 380 g/mol. The van der Waals surface area contributed by atoms with Gasteiger partial charge in [-0.25, -0.2) is 4.39 Å². The molecule has 0 aliphatic carbocycles. The second kappa shape index (κ2) is 7.88. The molecular formula is C17H16Cl2FN5O. The number of aromatic nitrogens is 4. The van der Waals surface area contributed by atoms with Crippen LogP contribution in [0.2, 0.25) is 10.0 Å². The SMILES string of the molecule is CCC(C(=O)Nc1ccn(Cc2c(F)cccc2Cl)n1)n1cc(Cl)cn1. The van der Waals surface area contributed by atoms with Crippen molar-refractivity contribution in [1.82, 2.24) is 19.6 Å². The first-order valence-electron chi connectivity index (χ1n) is 7.94. The third-order valence-electron chi connectivity index (χ3n) is 3.85. The number of nitrogens with one attached hydrogen (secondary N) is 1. The average molecular weight is 396 g/mol. The normalized spacial score (nSPS) is 12.2. The number of carbonyl (C=O) groups excluding carboxylic acids is 1. The maximum Gasteiger partial charge on any atom is 0.250 e. The Balaban J connectivity index is 1.71. The zero-order valence-electron chi connectivity index (χ0n) is 13.9. The van der Waals surface area contributed by atoms with Gasteiger partial charge in [-0.1, -0.05) is 36.2 Å². The van der Waals surface area contributed by atoms with Crippen LogP contribution in [0.5, 0.6) is 0 Å². The van der Waals surface area contributed by atoms with Crippen LogP contribution in [0.3, 0.4) is 0 Å². The largest absolute Gasteiger partial charge is 0.307 e. The molecule has 0 aliphatic heterocycles. The number of anilines is 1. The highest BCUT2D eigenvalue weighted by Gasteiger charge is 2.20. The summed E-state index contributed by atoms with van der Waals surface area (Å²) in [6.07, 6.45) is 5.25. The van der Waals surface area contributed by atoms with Gasteiger partial charge < -0.3 is 5.32 Å². The Bertz CT molecular complexity index is 903. The van der Waals surface area contributed by atoms with Gasteiger partial charge in [-0.15, -0.1) is 0 Å². The summed E-state index contributed by atoms with van der Waals surface area (Å²) in [7, 11) is 0. The van der Waals surface area contributed by atoms with Crippen LogP contribution in [0.4, 0.5) is 10.2 Å². The first kappa shape index (κ1) is 18.4. The van der Waals surface area contributed by atoms with E-state index in [1.165, 1.54) is 21.6 Å². The van der Waals surface area contributed by atoms with Crippen molar-refractivity contribution < 1.29 is 9.18 Å². The molecule has 0 saturated carbocycles. The molecule has 1 N–H and O–H groups in total. The number of nitrogens with zero attached hydrogens (tertiary/aromatic N) is 4. The molecule has 3 aromatic rings. The zero-order chi connectivity index (χ0) is 18.7. The standard InChI is InChI=1S/C17H16Cl2FN5O/c1-2-15(25-9-11(18)8-21-25)17(26)22-16-6-7-24(23-16)10-12-13(19)4-3-5-14(12)20/h3-9,15H,2,10H2,1H3,(H,22,23,26). The van der Waals surface area contributed by atoms with E-state index in [2.05, 4.69) is 15.5 Å². The molecule has 0 spiro atoms. The van der Waals surface area contributed by atoms with Crippen molar-refractivity contribution in [3.05, 3.63) is 64.3 Å². The molecule has 1 aromatic carbocycles. The lowest BCUT2D eigenvalue weighted by atomic mass is 10.2. The first-order chi connectivity index (χ1) is 12.5. The fourth-order valence-electron chi connectivity index (χ4n) is 2.55. The second-order valence-electron chi connectivity index (χ2n) is 5.65. The van der Waals surface area contributed by atoms with Crippen LogP contribution in [0, 0.1) is 5.82 Å². The van der Waals surface area contributed by atoms with Gasteiger partial charge in [0, 0.05) is 29.0 Å². The fourth-order valence-corrected chi connectivity index (χ4v) is 2.92. The van der Waals surface area contributed by atoms with Gasteiger partial charge in [-0.05, 0) is 18.6 Å². The van der Waals surface area contributed by atoms with Crippen molar-refractivity contribution >= 4 is 34.9 Å². The van der Waals surface area contributed by atoms with E-state index in [4.69, 9.17) is 23.2 Å². The van der Waals surface area contributed by atoms with E-state index in [1.807, 2.05) is 6.92 Å². The van der Waals surface area contributed by atoms with Crippen LogP contribution in [0.25, 0.3) is 0 Å². The predicted molar refractivity (Wildman–Crippen MR) is 97.9 cm³/mol. The zero-order valence-corrected chi connectivity index (χ0v) is 15.4. The van der Waals surface area contributed by atoms with Crippen molar-refractivity contribution in [3.63, 3.8) is 0 Å². The summed E-state index contributed by atoms with van der Waals surface area (Å²) in [5, 5.41) is 11.8. The smallest absolute Gasteiger partial charge is 0.250 e. The minimum atomic E-state index is -0.506. The topological polar surface area (TPSA) is 64.7 Å². The van der Waals surface area contributed by atoms with Crippen LogP contribution >= 0.6 is 23.2 Å². The molecule has 0 radical (unpaired) electrons. The van der Waals surface area contributed by atoms with Crippen LogP contribution in [-0.2, 0) is 11.3 Å². The van der Waals surface area contributed by atoms with Crippen molar-refractivity contribution in [2.45, 2.75) is 25.9 Å². The van der Waals surface area contributed by atoms with Crippen molar-refractivity contribution in [2.75, 3.05) is 5.32 Å². The minimum Gasteiger partial charge on any atom is -0.307 e. The lowest BCUT2D eigenvalue weighted by Crippen LogP contribution is -2.26. The number of hydrogen-bond donors (Lipinski definition) is 1. The Morgan fingerprint density at radius 2 is 2.15 bits per heavy atom. The lowest BCUT2D eigenvalue weighted by molar-refractivity contribution is -0.119. The van der Waals surface area contributed by atoms with Gasteiger partial charge in [0.25, 0.3) is 0 Å². The predicted octanol–water partition coefficient (Wildman–Crippen LogP) is 4.16. The van der Waals surface area contributed by atoms with Crippen LogP contribution in [-0.4, -0.2) is 25.5 Å². The Morgan fingerprint density at radius 1 is 1.35 bits per heavy atom. The van der Waals surface area contributed by atoms with E-state index in [0.717, 1.165) is 0 Å². The molecule has 1 unspecified atom stereocenters. The molecule has 0 fully saturated rings. The molecule has 2 aromatic heterocycles. The minimum absolute atomic E-state index is 0.160. The Labute approximate surface area is 159 Å². The Hall–Kier alpha value is -2.38. The molecule has 1 amide bonds. The number of benzene rings is 1. The molecule has 1 atom stereocenters. The maximum absolute atomic E-state index is 13.9. The highest BCUT2D eigenvalue weighted by molar-refractivity contribution is 6.31. The molecule has 136 valence electrons. The quantitative estimate of drug-likeness (QED) is 0.681. The van der Waals surface area contributed by atoms with Gasteiger partial charge in [-0.3, -0.25) is 14.2 Å². The third-order valence-corrected chi connectivity index (χ3v) is 4.40. The van der Waals surface area contributed by atoms with Crippen molar-refractivity contribution in [2.24, 2.45) is 0 Å². The summed E-state index contributed by atoms with van der Waals surface area (Å²) >= 11 is 11.9. The maximum atomic E-state index is 13.9. The van der Waals surface area contributed by atoms with E-state index in [1.54, 1.807) is 30.6 Å². The molecule has 26 heavy (non-hydrogen) atoms. The van der Waals surface area contributed by atoms with Crippen LogP contribution in [0.15, 0.2) is 42.9 Å². The van der Waals surface area contributed by atoms with Gasteiger partial charge in [0.1, 0.15) is 11.9 Å². The molecule has 2 heterocycles. The molecule has 3 rings (SSSR count). The van der Waals surface area contributed by atoms with Gasteiger partial charge in [0.15, 0.2) is 5.82 Å². The average Bonchev–Trinajstić information content (AvgIpc) is 3.21. The molecule has 6 nitrogen and oxygen atoms in total. The summed E-state index contributed by atoms with van der Waals surface area (Å²) < 4.78 is 16.9. The van der Waals surface area contributed by atoms with Crippen molar-refractivity contribution in [3.8, 4) is 0 Å². The Kier molecular flexibility index (Phi) is 5.58. The monoisotopic (exact) mass is 395 g/mol. The molecule has 0 bridgehead atoms. The Morgan fingerprint density at radius 3 is 2.81 bits per heavy atom. The van der Waals surface area contributed by atoms with Crippen LogP contribution < -0.4 is 5.32 Å². The number of carbonyl (C=O) groups is 1. The third kappa shape index (κ3) is 4.05.